The van der Waals surface area contributed by atoms with Gasteiger partial charge in [-0.25, -0.2) is 4.98 Å². The first kappa shape index (κ1) is 13.7. The average Bonchev–Trinajstić information content (AvgIpc) is 3.06. The molecule has 1 aromatic heterocycles. The highest BCUT2D eigenvalue weighted by Crippen LogP contribution is 2.32. The highest BCUT2D eigenvalue weighted by molar-refractivity contribution is 5.86. The van der Waals surface area contributed by atoms with Gasteiger partial charge in [0.2, 0.25) is 5.91 Å². The fourth-order valence-electron chi connectivity index (χ4n) is 2.84. The van der Waals surface area contributed by atoms with E-state index in [4.69, 9.17) is 0 Å². The summed E-state index contributed by atoms with van der Waals surface area (Å²) in [6, 6.07) is 7.97. The maximum Gasteiger partial charge on any atom is 0.228 e. The van der Waals surface area contributed by atoms with Crippen molar-refractivity contribution in [2.24, 2.45) is 0 Å². The minimum Gasteiger partial charge on any atom is -0.385 e. The molecule has 2 atom stereocenters. The number of carbonyl (C=O) groups is 1. The van der Waals surface area contributed by atoms with Gasteiger partial charge in [0.1, 0.15) is 5.82 Å². The summed E-state index contributed by atoms with van der Waals surface area (Å²) in [5.74, 6) is 0.798. The molecule has 5 nitrogen and oxygen atoms in total. The lowest BCUT2D eigenvalue weighted by atomic mass is 9.90. The van der Waals surface area contributed by atoms with Crippen LogP contribution in [0.3, 0.4) is 0 Å². The number of aromatic amines is 1. The summed E-state index contributed by atoms with van der Waals surface area (Å²) in [5.41, 5.74) is 2.14. The molecule has 0 saturated carbocycles. The number of nitrogens with one attached hydrogen (secondary N) is 3. The van der Waals surface area contributed by atoms with Crippen LogP contribution in [0, 0.1) is 0 Å². The Morgan fingerprint density at radius 3 is 3.10 bits per heavy atom. The first-order valence-electron chi connectivity index (χ1n) is 7.42. The molecule has 21 heavy (non-hydrogen) atoms. The molecular weight excluding hydrogens is 264 g/mol. The van der Waals surface area contributed by atoms with Gasteiger partial charge in [-0.05, 0) is 24.5 Å². The maximum absolute atomic E-state index is 12.6. The van der Waals surface area contributed by atoms with Crippen LogP contribution in [0.2, 0.25) is 0 Å². The van der Waals surface area contributed by atoms with Crippen LogP contribution in [0.25, 0.3) is 0 Å². The smallest absolute Gasteiger partial charge is 0.228 e. The molecule has 1 aromatic carbocycles. The number of benzene rings is 1. The Morgan fingerprint density at radius 1 is 1.48 bits per heavy atom. The van der Waals surface area contributed by atoms with Gasteiger partial charge >= 0.3 is 0 Å². The summed E-state index contributed by atoms with van der Waals surface area (Å²) in [6.07, 6.45) is 5.12. The molecule has 2 unspecified atom stereocenters. The second-order valence-corrected chi connectivity index (χ2v) is 5.30. The van der Waals surface area contributed by atoms with Gasteiger partial charge in [0, 0.05) is 24.6 Å². The van der Waals surface area contributed by atoms with Crippen LogP contribution in [-0.2, 0) is 4.79 Å². The van der Waals surface area contributed by atoms with Gasteiger partial charge in [-0.15, -0.1) is 0 Å². The third-order valence-corrected chi connectivity index (χ3v) is 3.98. The molecule has 1 aliphatic heterocycles. The van der Waals surface area contributed by atoms with Crippen LogP contribution in [0.5, 0.6) is 0 Å². The van der Waals surface area contributed by atoms with Crippen LogP contribution in [0.4, 0.5) is 5.69 Å². The first-order chi connectivity index (χ1) is 10.3. The van der Waals surface area contributed by atoms with Crippen molar-refractivity contribution in [2.45, 2.75) is 31.7 Å². The second-order valence-electron chi connectivity index (χ2n) is 5.30. The number of hydrogen-bond acceptors (Lipinski definition) is 3. The van der Waals surface area contributed by atoms with Crippen molar-refractivity contribution in [1.82, 2.24) is 15.3 Å². The van der Waals surface area contributed by atoms with Crippen LogP contribution in [0.1, 0.15) is 43.1 Å². The summed E-state index contributed by atoms with van der Waals surface area (Å²) < 4.78 is 0. The number of aromatic nitrogens is 2. The Bertz CT molecular complexity index is 608. The molecule has 0 saturated heterocycles. The Hall–Kier alpha value is -2.30. The van der Waals surface area contributed by atoms with Gasteiger partial charge in [-0.3, -0.25) is 4.79 Å². The third kappa shape index (κ3) is 2.77. The molecule has 0 spiro atoms. The molecule has 2 heterocycles. The minimum atomic E-state index is -0.0912. The molecule has 5 heteroatoms. The standard InChI is InChI=1S/C16H20N4O/c1-2-13(15-18-9-10-19-15)20-16(21)12-7-8-17-14-6-4-3-5-11(12)14/h3-6,9-10,12-13,17H,2,7-8H2,1H3,(H,18,19)(H,20,21). The summed E-state index contributed by atoms with van der Waals surface area (Å²) >= 11 is 0. The SMILES string of the molecule is CCC(NC(=O)C1CCNc2ccccc21)c1ncc[nH]1. The van der Waals surface area contributed by atoms with E-state index in [1.807, 2.05) is 31.2 Å². The highest BCUT2D eigenvalue weighted by atomic mass is 16.2. The normalized spacial score (nSPS) is 18.4. The molecule has 3 N–H and O–H groups in total. The molecular formula is C16H20N4O. The highest BCUT2D eigenvalue weighted by Gasteiger charge is 2.28. The molecule has 0 bridgehead atoms. The Labute approximate surface area is 124 Å². The van der Waals surface area contributed by atoms with Crippen LogP contribution >= 0.6 is 0 Å². The number of H-pyrrole nitrogens is 1. The molecule has 110 valence electrons. The number of fused-ring (bicyclic) bond motifs is 1. The Balaban J connectivity index is 1.77. The van der Waals surface area contributed by atoms with Crippen molar-refractivity contribution >= 4 is 11.6 Å². The predicted octanol–water partition coefficient (Wildman–Crippen LogP) is 2.58. The summed E-state index contributed by atoms with van der Waals surface area (Å²) in [4.78, 5) is 20.0. The van der Waals surface area contributed by atoms with Gasteiger partial charge < -0.3 is 15.6 Å². The summed E-state index contributed by atoms with van der Waals surface area (Å²) in [7, 11) is 0. The number of amides is 1. The van der Waals surface area contributed by atoms with Gasteiger partial charge in [0.05, 0.1) is 12.0 Å². The lowest BCUT2D eigenvalue weighted by molar-refractivity contribution is -0.123. The van der Waals surface area contributed by atoms with E-state index in [9.17, 15) is 4.79 Å². The molecule has 2 aromatic rings. The van der Waals surface area contributed by atoms with Crippen molar-refractivity contribution in [3.8, 4) is 0 Å². The molecule has 0 aliphatic carbocycles. The predicted molar refractivity (Wildman–Crippen MR) is 82.1 cm³/mol. The zero-order valence-corrected chi connectivity index (χ0v) is 12.1. The van der Waals surface area contributed by atoms with Crippen molar-refractivity contribution in [1.29, 1.82) is 0 Å². The number of rotatable bonds is 4. The largest absolute Gasteiger partial charge is 0.385 e. The van der Waals surface area contributed by atoms with Crippen LogP contribution in [0.15, 0.2) is 36.7 Å². The molecule has 1 amide bonds. The molecule has 3 rings (SSSR count). The monoisotopic (exact) mass is 284 g/mol. The number of carbonyl (C=O) groups excluding carboxylic acids is 1. The fourth-order valence-corrected chi connectivity index (χ4v) is 2.84. The van der Waals surface area contributed by atoms with Crippen LogP contribution in [-0.4, -0.2) is 22.4 Å². The zero-order chi connectivity index (χ0) is 14.7. The third-order valence-electron chi connectivity index (χ3n) is 3.98. The Morgan fingerprint density at radius 2 is 2.33 bits per heavy atom. The fraction of sp³-hybridized carbons (Fsp3) is 0.375. The first-order valence-corrected chi connectivity index (χ1v) is 7.42. The zero-order valence-electron chi connectivity index (χ0n) is 12.1. The number of hydrogen-bond donors (Lipinski definition) is 3. The minimum absolute atomic E-state index is 0.0606. The van der Waals surface area contributed by atoms with Crippen LogP contribution < -0.4 is 10.6 Å². The number of imidazole rings is 1. The lowest BCUT2D eigenvalue weighted by Gasteiger charge is -2.27. The maximum atomic E-state index is 12.6. The van der Waals surface area contributed by atoms with E-state index < -0.39 is 0 Å². The van der Waals surface area contributed by atoms with E-state index in [1.54, 1.807) is 12.4 Å². The van der Waals surface area contributed by atoms with E-state index in [0.717, 1.165) is 36.5 Å². The van der Waals surface area contributed by atoms with Crippen molar-refractivity contribution in [3.05, 3.63) is 48.0 Å². The van der Waals surface area contributed by atoms with Crippen molar-refractivity contribution < 1.29 is 4.79 Å². The molecule has 0 radical (unpaired) electrons. The van der Waals surface area contributed by atoms with Gasteiger partial charge in [-0.2, -0.15) is 0 Å². The van der Waals surface area contributed by atoms with Gasteiger partial charge in [0.15, 0.2) is 0 Å². The van der Waals surface area contributed by atoms with Gasteiger partial charge in [0.25, 0.3) is 0 Å². The quantitative estimate of drug-likeness (QED) is 0.808. The van der Waals surface area contributed by atoms with Crippen molar-refractivity contribution in [2.75, 3.05) is 11.9 Å². The molecule has 0 fully saturated rings. The van der Waals surface area contributed by atoms with E-state index in [1.165, 1.54) is 0 Å². The second kappa shape index (κ2) is 5.99. The van der Waals surface area contributed by atoms with E-state index in [-0.39, 0.29) is 17.9 Å². The van der Waals surface area contributed by atoms with E-state index in [0.29, 0.717) is 0 Å². The van der Waals surface area contributed by atoms with E-state index >= 15 is 0 Å². The van der Waals surface area contributed by atoms with Crippen molar-refractivity contribution in [3.63, 3.8) is 0 Å². The summed E-state index contributed by atoms with van der Waals surface area (Å²) in [5, 5.41) is 6.46. The Kier molecular flexibility index (Phi) is 3.90. The number of para-hydroxylation sites is 1. The lowest BCUT2D eigenvalue weighted by Crippen LogP contribution is -2.35. The average molecular weight is 284 g/mol. The topological polar surface area (TPSA) is 69.8 Å². The number of nitrogens with zero attached hydrogens (tertiary/aromatic N) is 1. The van der Waals surface area contributed by atoms with E-state index in [2.05, 4.69) is 20.6 Å². The number of anilines is 1. The van der Waals surface area contributed by atoms with Gasteiger partial charge in [-0.1, -0.05) is 25.1 Å². The summed E-state index contributed by atoms with van der Waals surface area (Å²) in [6.45, 7) is 2.87. The molecule has 1 aliphatic rings.